The van der Waals surface area contributed by atoms with Crippen LogP contribution in [0.25, 0.3) is 22.4 Å². The molecule has 1 aromatic carbocycles. The molecule has 0 saturated heterocycles. The van der Waals surface area contributed by atoms with E-state index in [0.29, 0.717) is 29.1 Å². The van der Waals surface area contributed by atoms with Gasteiger partial charge in [-0.15, -0.1) is 5.10 Å². The Morgan fingerprint density at radius 1 is 1.20 bits per heavy atom. The molecule has 0 aliphatic rings. The van der Waals surface area contributed by atoms with Crippen molar-refractivity contribution in [2.75, 3.05) is 7.11 Å². The van der Waals surface area contributed by atoms with Gasteiger partial charge < -0.3 is 4.74 Å². The molecule has 4 rings (SSSR count). The number of rotatable bonds is 4. The standard InChI is InChI=1S/C18H17N5O2/c1-3-12-6-4-5-7-14(12)22-9-8-15-13(17(22)24)10-19-18-20-16(11-25-2)21-23(15)18/h4-10H,3,11H2,1-2H3. The van der Waals surface area contributed by atoms with Crippen LogP contribution in [0, 0.1) is 0 Å². The number of aryl methyl sites for hydroxylation is 1. The molecule has 0 saturated carbocycles. The van der Waals surface area contributed by atoms with Crippen molar-refractivity contribution in [3.8, 4) is 5.69 Å². The first kappa shape index (κ1) is 15.5. The second-order valence-corrected chi connectivity index (χ2v) is 5.70. The van der Waals surface area contributed by atoms with Gasteiger partial charge in [-0.25, -0.2) is 4.98 Å². The van der Waals surface area contributed by atoms with E-state index in [-0.39, 0.29) is 5.56 Å². The topological polar surface area (TPSA) is 74.3 Å². The molecule has 0 unspecified atom stereocenters. The van der Waals surface area contributed by atoms with Crippen molar-refractivity contribution in [1.29, 1.82) is 0 Å². The van der Waals surface area contributed by atoms with Crippen LogP contribution in [-0.4, -0.2) is 31.3 Å². The van der Waals surface area contributed by atoms with Crippen molar-refractivity contribution in [3.05, 3.63) is 64.5 Å². The van der Waals surface area contributed by atoms with Crippen LogP contribution >= 0.6 is 0 Å². The largest absolute Gasteiger partial charge is 0.377 e. The minimum absolute atomic E-state index is 0.128. The average molecular weight is 335 g/mol. The van der Waals surface area contributed by atoms with Crippen LogP contribution in [0.1, 0.15) is 18.3 Å². The Morgan fingerprint density at radius 3 is 2.84 bits per heavy atom. The number of hydrogen-bond donors (Lipinski definition) is 0. The number of pyridine rings is 1. The van der Waals surface area contributed by atoms with Crippen molar-refractivity contribution in [2.45, 2.75) is 20.0 Å². The van der Waals surface area contributed by atoms with Gasteiger partial charge in [-0.2, -0.15) is 9.50 Å². The van der Waals surface area contributed by atoms with Gasteiger partial charge in [-0.3, -0.25) is 9.36 Å². The normalized spacial score (nSPS) is 11.4. The molecule has 126 valence electrons. The first-order valence-corrected chi connectivity index (χ1v) is 8.06. The van der Waals surface area contributed by atoms with Crippen LogP contribution in [0.3, 0.4) is 0 Å². The lowest BCUT2D eigenvalue weighted by atomic mass is 10.1. The van der Waals surface area contributed by atoms with Crippen molar-refractivity contribution in [3.63, 3.8) is 0 Å². The summed E-state index contributed by atoms with van der Waals surface area (Å²) < 4.78 is 8.30. The van der Waals surface area contributed by atoms with E-state index in [9.17, 15) is 4.79 Å². The van der Waals surface area contributed by atoms with E-state index in [4.69, 9.17) is 4.74 Å². The van der Waals surface area contributed by atoms with Gasteiger partial charge in [0, 0.05) is 19.5 Å². The number of benzene rings is 1. The smallest absolute Gasteiger partial charge is 0.266 e. The molecule has 7 heteroatoms. The van der Waals surface area contributed by atoms with E-state index >= 15 is 0 Å². The summed E-state index contributed by atoms with van der Waals surface area (Å²) in [4.78, 5) is 21.6. The van der Waals surface area contributed by atoms with Gasteiger partial charge in [0.05, 0.1) is 16.6 Å². The minimum atomic E-state index is -0.128. The lowest BCUT2D eigenvalue weighted by Gasteiger charge is -2.11. The SMILES string of the molecule is CCc1ccccc1-n1ccc2c(cnc3nc(COC)nn32)c1=O. The molecule has 0 fully saturated rings. The maximum atomic E-state index is 13.0. The second kappa shape index (κ2) is 6.10. The molecule has 3 heterocycles. The Bertz CT molecular complexity index is 1130. The van der Waals surface area contributed by atoms with Gasteiger partial charge >= 0.3 is 0 Å². The van der Waals surface area contributed by atoms with E-state index in [2.05, 4.69) is 22.0 Å². The molecule has 4 aromatic rings. The molecule has 0 N–H and O–H groups in total. The third kappa shape index (κ3) is 2.49. The Kier molecular flexibility index (Phi) is 3.77. The van der Waals surface area contributed by atoms with E-state index in [0.717, 1.165) is 17.7 Å². The van der Waals surface area contributed by atoms with Gasteiger partial charge in [0.1, 0.15) is 6.61 Å². The molecule has 0 amide bonds. The lowest BCUT2D eigenvalue weighted by molar-refractivity contribution is 0.178. The number of methoxy groups -OCH3 is 1. The molecule has 0 atom stereocenters. The molecule has 0 aliphatic carbocycles. The molecule has 3 aromatic heterocycles. The van der Waals surface area contributed by atoms with Crippen LogP contribution in [0.4, 0.5) is 0 Å². The predicted octanol–water partition coefficient (Wildman–Crippen LogP) is 2.14. The van der Waals surface area contributed by atoms with Gasteiger partial charge in [0.15, 0.2) is 5.82 Å². The average Bonchev–Trinajstić information content (AvgIpc) is 3.05. The summed E-state index contributed by atoms with van der Waals surface area (Å²) in [5, 5.41) is 4.87. The predicted molar refractivity (Wildman–Crippen MR) is 94.0 cm³/mol. The summed E-state index contributed by atoms with van der Waals surface area (Å²) in [6, 6.07) is 9.75. The monoisotopic (exact) mass is 335 g/mol. The summed E-state index contributed by atoms with van der Waals surface area (Å²) in [6.45, 7) is 2.37. The first-order chi connectivity index (χ1) is 12.2. The van der Waals surface area contributed by atoms with Gasteiger partial charge in [-0.1, -0.05) is 25.1 Å². The zero-order valence-corrected chi connectivity index (χ0v) is 14.0. The van der Waals surface area contributed by atoms with Crippen molar-refractivity contribution >= 4 is 16.7 Å². The fraction of sp³-hybridized carbons (Fsp3) is 0.222. The number of nitrogens with zero attached hydrogens (tertiary/aromatic N) is 5. The third-order valence-corrected chi connectivity index (χ3v) is 4.18. The van der Waals surface area contributed by atoms with E-state index in [1.54, 1.807) is 28.6 Å². The van der Waals surface area contributed by atoms with Crippen LogP contribution in [0.15, 0.2) is 47.5 Å². The van der Waals surface area contributed by atoms with Crippen LogP contribution in [-0.2, 0) is 17.8 Å². The zero-order chi connectivity index (χ0) is 17.4. The van der Waals surface area contributed by atoms with Crippen molar-refractivity contribution in [1.82, 2.24) is 24.1 Å². The molecular formula is C18H17N5O2. The molecule has 0 aliphatic heterocycles. The fourth-order valence-electron chi connectivity index (χ4n) is 2.99. The van der Waals surface area contributed by atoms with Crippen molar-refractivity contribution < 1.29 is 4.74 Å². The fourth-order valence-corrected chi connectivity index (χ4v) is 2.99. The van der Waals surface area contributed by atoms with Gasteiger partial charge in [0.2, 0.25) is 0 Å². The quantitative estimate of drug-likeness (QED) is 0.571. The highest BCUT2D eigenvalue weighted by Gasteiger charge is 2.13. The number of hydrogen-bond acceptors (Lipinski definition) is 5. The highest BCUT2D eigenvalue weighted by Crippen LogP contribution is 2.16. The van der Waals surface area contributed by atoms with Crippen molar-refractivity contribution in [2.24, 2.45) is 0 Å². The summed E-state index contributed by atoms with van der Waals surface area (Å²) in [5.74, 6) is 0.980. The summed E-state index contributed by atoms with van der Waals surface area (Å²) in [6.07, 6.45) is 4.18. The molecule has 25 heavy (non-hydrogen) atoms. The maximum absolute atomic E-state index is 13.0. The van der Waals surface area contributed by atoms with Gasteiger partial charge in [-0.05, 0) is 24.1 Å². The Morgan fingerprint density at radius 2 is 2.04 bits per heavy atom. The molecule has 0 spiro atoms. The van der Waals surface area contributed by atoms with Crippen LogP contribution < -0.4 is 5.56 Å². The highest BCUT2D eigenvalue weighted by atomic mass is 16.5. The molecule has 0 radical (unpaired) electrons. The number of fused-ring (bicyclic) bond motifs is 3. The third-order valence-electron chi connectivity index (χ3n) is 4.18. The number of para-hydroxylation sites is 1. The molecule has 7 nitrogen and oxygen atoms in total. The summed E-state index contributed by atoms with van der Waals surface area (Å²) >= 11 is 0. The first-order valence-electron chi connectivity index (χ1n) is 8.06. The lowest BCUT2D eigenvalue weighted by Crippen LogP contribution is -2.20. The molecular weight excluding hydrogens is 318 g/mol. The second-order valence-electron chi connectivity index (χ2n) is 5.70. The van der Waals surface area contributed by atoms with E-state index < -0.39 is 0 Å². The van der Waals surface area contributed by atoms with E-state index in [1.165, 1.54) is 0 Å². The number of aromatic nitrogens is 5. The van der Waals surface area contributed by atoms with Crippen LogP contribution in [0.5, 0.6) is 0 Å². The summed E-state index contributed by atoms with van der Waals surface area (Å²) in [7, 11) is 1.58. The Labute approximate surface area is 143 Å². The Hall–Kier alpha value is -3.06. The minimum Gasteiger partial charge on any atom is -0.377 e. The maximum Gasteiger partial charge on any atom is 0.266 e. The zero-order valence-electron chi connectivity index (χ0n) is 14.0. The van der Waals surface area contributed by atoms with Crippen LogP contribution in [0.2, 0.25) is 0 Å². The highest BCUT2D eigenvalue weighted by molar-refractivity contribution is 5.79. The number of ether oxygens (including phenoxy) is 1. The van der Waals surface area contributed by atoms with Gasteiger partial charge in [0.25, 0.3) is 11.3 Å². The molecule has 0 bridgehead atoms. The Balaban J connectivity index is 1.97. The summed E-state index contributed by atoms with van der Waals surface area (Å²) in [5.41, 5.74) is 2.54. The van der Waals surface area contributed by atoms with E-state index in [1.807, 2.05) is 30.3 Å².